The molecule has 9 heteroatoms. The number of benzene rings is 2. The quantitative estimate of drug-likeness (QED) is 0.645. The third-order valence-corrected chi connectivity index (χ3v) is 5.29. The molecule has 1 saturated heterocycles. The number of hydrogen-bond acceptors (Lipinski definition) is 5. The predicted molar refractivity (Wildman–Crippen MR) is 124 cm³/mol. The predicted octanol–water partition coefficient (Wildman–Crippen LogP) is 3.10. The minimum Gasteiger partial charge on any atom is -0.457 e. The van der Waals surface area contributed by atoms with Crippen LogP contribution in [0.4, 0.5) is 4.39 Å². The first-order valence-electron chi connectivity index (χ1n) is 9.88. The van der Waals surface area contributed by atoms with Crippen LogP contribution >= 0.6 is 24.8 Å². The van der Waals surface area contributed by atoms with Crippen LogP contribution in [0.5, 0.6) is 11.5 Å². The molecule has 2 aromatic carbocycles. The van der Waals surface area contributed by atoms with Gasteiger partial charge < -0.3 is 20.5 Å². The summed E-state index contributed by atoms with van der Waals surface area (Å²) in [6.07, 6.45) is 1.36. The fraction of sp³-hybridized carbons (Fsp3) is 0.409. The lowest BCUT2D eigenvalue weighted by Crippen LogP contribution is -2.53. The zero-order valence-corrected chi connectivity index (χ0v) is 19.1. The molecule has 6 nitrogen and oxygen atoms in total. The molecule has 0 spiro atoms. The van der Waals surface area contributed by atoms with E-state index in [1.54, 1.807) is 4.90 Å². The molecule has 1 unspecified atom stereocenters. The summed E-state index contributed by atoms with van der Waals surface area (Å²) >= 11 is 0. The van der Waals surface area contributed by atoms with Crippen molar-refractivity contribution in [2.75, 3.05) is 39.8 Å². The molecule has 1 aliphatic heterocycles. The van der Waals surface area contributed by atoms with Crippen molar-refractivity contribution < 1.29 is 19.0 Å². The Labute approximate surface area is 195 Å². The van der Waals surface area contributed by atoms with E-state index in [2.05, 4.69) is 4.90 Å². The van der Waals surface area contributed by atoms with Crippen LogP contribution in [0, 0.1) is 5.82 Å². The maximum absolute atomic E-state index is 14.4. The monoisotopic (exact) mass is 473 g/mol. The van der Waals surface area contributed by atoms with E-state index in [1.165, 1.54) is 18.2 Å². The number of likely N-dealkylation sites (N-methyl/N-ethyl adjacent to an activating group) is 1. The molecular weight excluding hydrogens is 444 g/mol. The van der Waals surface area contributed by atoms with Crippen LogP contribution in [0.3, 0.4) is 0 Å². The minimum atomic E-state index is -0.571. The normalized spacial score (nSPS) is 16.3. The average molecular weight is 474 g/mol. The van der Waals surface area contributed by atoms with E-state index in [0.29, 0.717) is 44.1 Å². The van der Waals surface area contributed by atoms with Crippen LogP contribution in [0.2, 0.25) is 0 Å². The second kappa shape index (κ2) is 12.8. The van der Waals surface area contributed by atoms with Crippen LogP contribution in [-0.2, 0) is 6.42 Å². The Morgan fingerprint density at radius 2 is 1.84 bits per heavy atom. The van der Waals surface area contributed by atoms with Gasteiger partial charge in [0.25, 0.3) is 5.91 Å². The number of hydrogen-bond donors (Lipinski definition) is 2. The zero-order chi connectivity index (χ0) is 20.8. The largest absolute Gasteiger partial charge is 0.457 e. The number of rotatable bonds is 7. The molecule has 1 atom stereocenters. The number of carbonyl (C=O) groups is 1. The SMILES string of the molecule is CN1CCN(C(=O)c2cc(Oc3ccc(CCN)cc3)ccc2F)CC1CCO.Cl.Cl. The molecule has 172 valence electrons. The first-order valence-corrected chi connectivity index (χ1v) is 9.88. The molecule has 1 heterocycles. The molecule has 31 heavy (non-hydrogen) atoms. The highest BCUT2D eigenvalue weighted by Crippen LogP contribution is 2.25. The Hall–Kier alpha value is -1.90. The van der Waals surface area contributed by atoms with E-state index >= 15 is 0 Å². The summed E-state index contributed by atoms with van der Waals surface area (Å²) in [4.78, 5) is 16.7. The Balaban J connectivity index is 0.00000240. The lowest BCUT2D eigenvalue weighted by atomic mass is 10.1. The van der Waals surface area contributed by atoms with Gasteiger partial charge in [-0.2, -0.15) is 0 Å². The second-order valence-corrected chi connectivity index (χ2v) is 7.32. The lowest BCUT2D eigenvalue weighted by molar-refractivity contribution is 0.0496. The number of aliphatic hydroxyl groups is 1. The highest BCUT2D eigenvalue weighted by atomic mass is 35.5. The summed E-state index contributed by atoms with van der Waals surface area (Å²) in [5.41, 5.74) is 6.67. The van der Waals surface area contributed by atoms with Crippen molar-refractivity contribution >= 4 is 30.7 Å². The molecule has 3 N–H and O–H groups in total. The van der Waals surface area contributed by atoms with Gasteiger partial charge in [-0.25, -0.2) is 4.39 Å². The minimum absolute atomic E-state index is 0. The number of amides is 1. The highest BCUT2D eigenvalue weighted by Gasteiger charge is 2.29. The molecule has 0 radical (unpaired) electrons. The smallest absolute Gasteiger partial charge is 0.257 e. The van der Waals surface area contributed by atoms with Gasteiger partial charge in [-0.1, -0.05) is 12.1 Å². The molecule has 0 aliphatic carbocycles. The summed E-state index contributed by atoms with van der Waals surface area (Å²) in [5.74, 6) is 0.0845. The first-order chi connectivity index (χ1) is 14.0. The molecule has 3 rings (SSSR count). The lowest BCUT2D eigenvalue weighted by Gasteiger charge is -2.39. The van der Waals surface area contributed by atoms with Gasteiger partial charge in [-0.15, -0.1) is 24.8 Å². The molecule has 1 fully saturated rings. The van der Waals surface area contributed by atoms with Crippen LogP contribution < -0.4 is 10.5 Å². The first kappa shape index (κ1) is 27.1. The van der Waals surface area contributed by atoms with E-state index in [1.807, 2.05) is 31.3 Å². The van der Waals surface area contributed by atoms with Gasteiger partial charge in [-0.3, -0.25) is 9.69 Å². The van der Waals surface area contributed by atoms with Gasteiger partial charge in [0.05, 0.1) is 5.56 Å². The number of ether oxygens (including phenoxy) is 1. The zero-order valence-electron chi connectivity index (χ0n) is 17.5. The van der Waals surface area contributed by atoms with Gasteiger partial charge >= 0.3 is 0 Å². The summed E-state index contributed by atoms with van der Waals surface area (Å²) in [5, 5.41) is 9.23. The maximum Gasteiger partial charge on any atom is 0.257 e. The van der Waals surface area contributed by atoms with Crippen LogP contribution in [0.15, 0.2) is 42.5 Å². The Morgan fingerprint density at radius 3 is 2.48 bits per heavy atom. The Morgan fingerprint density at radius 1 is 1.16 bits per heavy atom. The summed E-state index contributed by atoms with van der Waals surface area (Å²) in [6.45, 7) is 2.30. The van der Waals surface area contributed by atoms with Crippen molar-refractivity contribution in [3.63, 3.8) is 0 Å². The maximum atomic E-state index is 14.4. The molecule has 0 bridgehead atoms. The summed E-state index contributed by atoms with van der Waals surface area (Å²) < 4.78 is 20.2. The van der Waals surface area contributed by atoms with E-state index in [4.69, 9.17) is 10.5 Å². The van der Waals surface area contributed by atoms with Crippen molar-refractivity contribution in [3.8, 4) is 11.5 Å². The van der Waals surface area contributed by atoms with E-state index in [9.17, 15) is 14.3 Å². The molecule has 0 aromatic heterocycles. The summed E-state index contributed by atoms with van der Waals surface area (Å²) in [7, 11) is 1.97. The van der Waals surface area contributed by atoms with Gasteiger partial charge in [0.15, 0.2) is 0 Å². The topological polar surface area (TPSA) is 79.0 Å². The van der Waals surface area contributed by atoms with E-state index in [0.717, 1.165) is 12.0 Å². The number of nitrogens with zero attached hydrogens (tertiary/aromatic N) is 2. The standard InChI is InChI=1S/C22H28FN3O3.2ClH/c1-25-11-12-26(15-17(25)9-13-27)22(28)20-14-19(6-7-21(20)23)29-18-4-2-16(3-5-18)8-10-24;;/h2-7,14,17,27H,8-13,15,24H2,1H3;2*1H. The molecule has 0 saturated carbocycles. The second-order valence-electron chi connectivity index (χ2n) is 7.32. The van der Waals surface area contributed by atoms with Crippen molar-refractivity contribution in [2.24, 2.45) is 5.73 Å². The van der Waals surface area contributed by atoms with E-state index < -0.39 is 5.82 Å². The summed E-state index contributed by atoms with van der Waals surface area (Å²) in [6, 6.07) is 11.8. The molecular formula is C22H30Cl2FN3O3. The van der Waals surface area contributed by atoms with Crippen LogP contribution in [0.1, 0.15) is 22.3 Å². The number of nitrogens with two attached hydrogens (primary N) is 1. The van der Waals surface area contributed by atoms with Gasteiger partial charge in [0.1, 0.15) is 17.3 Å². The fourth-order valence-corrected chi connectivity index (χ4v) is 3.52. The van der Waals surface area contributed by atoms with Gasteiger partial charge in [0, 0.05) is 32.3 Å². The van der Waals surface area contributed by atoms with E-state index in [-0.39, 0.29) is 48.9 Å². The van der Waals surface area contributed by atoms with Gasteiger partial charge in [-0.05, 0) is 62.3 Å². The molecule has 1 aliphatic rings. The number of piperazine rings is 1. The number of halogens is 3. The molecule has 1 amide bonds. The van der Waals surface area contributed by atoms with Crippen molar-refractivity contribution in [1.82, 2.24) is 9.80 Å². The third kappa shape index (κ3) is 7.05. The van der Waals surface area contributed by atoms with Crippen molar-refractivity contribution in [1.29, 1.82) is 0 Å². The fourth-order valence-electron chi connectivity index (χ4n) is 3.52. The van der Waals surface area contributed by atoms with Crippen LogP contribution in [0.25, 0.3) is 0 Å². The van der Waals surface area contributed by atoms with Gasteiger partial charge in [0.2, 0.25) is 0 Å². The Bertz CT molecular complexity index is 839. The number of carbonyl (C=O) groups excluding carboxylic acids is 1. The molecule has 2 aromatic rings. The van der Waals surface area contributed by atoms with Crippen molar-refractivity contribution in [2.45, 2.75) is 18.9 Å². The van der Waals surface area contributed by atoms with Crippen LogP contribution in [-0.4, -0.2) is 66.7 Å². The third-order valence-electron chi connectivity index (χ3n) is 5.29. The highest BCUT2D eigenvalue weighted by molar-refractivity contribution is 5.95. The number of aliphatic hydroxyl groups excluding tert-OH is 1. The Kier molecular flexibility index (Phi) is 11.2. The average Bonchev–Trinajstić information content (AvgIpc) is 2.72. The van der Waals surface area contributed by atoms with Crippen molar-refractivity contribution in [3.05, 3.63) is 59.4 Å².